The monoisotopic (exact) mass is 227 g/mol. The summed E-state index contributed by atoms with van der Waals surface area (Å²) in [5.41, 5.74) is 0.961. The third-order valence-corrected chi connectivity index (χ3v) is 2.49. The van der Waals surface area contributed by atoms with Crippen LogP contribution in [0.5, 0.6) is 0 Å². The van der Waals surface area contributed by atoms with Crippen LogP contribution in [0.25, 0.3) is 0 Å². The summed E-state index contributed by atoms with van der Waals surface area (Å²) in [5, 5.41) is 3.08. The van der Waals surface area contributed by atoms with Gasteiger partial charge in [-0.1, -0.05) is 0 Å². The van der Waals surface area contributed by atoms with Crippen LogP contribution < -0.4 is 0 Å². The Hall–Kier alpha value is 0.170. The van der Waals surface area contributed by atoms with Gasteiger partial charge in [0.25, 0.3) is 0 Å². The van der Waals surface area contributed by atoms with Gasteiger partial charge in [-0.05, 0) is 0 Å². The van der Waals surface area contributed by atoms with E-state index in [1.165, 1.54) is 0 Å². The maximum Gasteiger partial charge on any atom is 0.0951 e. The number of halogens is 2. The summed E-state index contributed by atoms with van der Waals surface area (Å²) >= 11 is 7.23. The highest BCUT2D eigenvalue weighted by atomic mass is 35.5. The molecule has 0 spiro atoms. The molecule has 0 saturated carbocycles. The lowest BCUT2D eigenvalue weighted by atomic mass is 10.5. The Morgan fingerprint density at radius 2 is 2.42 bits per heavy atom. The number of thiazole rings is 1. The molecule has 2 nitrogen and oxygen atoms in total. The highest BCUT2D eigenvalue weighted by molar-refractivity contribution is 7.09. The summed E-state index contributed by atoms with van der Waals surface area (Å²) in [6, 6.07) is 0. The summed E-state index contributed by atoms with van der Waals surface area (Å²) in [6.07, 6.45) is 0.887. The van der Waals surface area contributed by atoms with Gasteiger partial charge < -0.3 is 4.74 Å². The first-order valence-electron chi connectivity index (χ1n) is 3.35. The number of hydrogen-bond acceptors (Lipinski definition) is 3. The second-order valence-corrected chi connectivity index (χ2v) is 3.32. The molecule has 1 aromatic heterocycles. The van der Waals surface area contributed by atoms with Crippen LogP contribution in [0.2, 0.25) is 0 Å². The van der Waals surface area contributed by atoms with Crippen LogP contribution >= 0.6 is 35.3 Å². The number of rotatable bonds is 4. The van der Waals surface area contributed by atoms with Crippen molar-refractivity contribution in [3.63, 3.8) is 0 Å². The fourth-order valence-electron chi connectivity index (χ4n) is 0.714. The van der Waals surface area contributed by atoms with Crippen LogP contribution in [0.1, 0.15) is 10.7 Å². The van der Waals surface area contributed by atoms with Crippen LogP contribution in [-0.4, -0.2) is 18.7 Å². The van der Waals surface area contributed by atoms with Crippen molar-refractivity contribution in [3.8, 4) is 0 Å². The first-order chi connectivity index (χ1) is 5.36. The van der Waals surface area contributed by atoms with Gasteiger partial charge >= 0.3 is 0 Å². The molecule has 0 atom stereocenters. The molecule has 1 heterocycles. The Balaban J connectivity index is 0.00000121. The molecule has 0 fully saturated rings. The minimum atomic E-state index is 0. The molecule has 0 saturated heterocycles. The van der Waals surface area contributed by atoms with Gasteiger partial charge in [0, 0.05) is 18.9 Å². The van der Waals surface area contributed by atoms with Crippen LogP contribution in [0.15, 0.2) is 5.38 Å². The van der Waals surface area contributed by atoms with Crippen LogP contribution in [0.4, 0.5) is 0 Å². The molecule has 12 heavy (non-hydrogen) atoms. The minimum Gasteiger partial charge on any atom is -0.384 e. The number of aromatic nitrogens is 1. The quantitative estimate of drug-likeness (QED) is 0.738. The van der Waals surface area contributed by atoms with E-state index in [4.69, 9.17) is 16.3 Å². The number of ether oxygens (including phenoxy) is 1. The fraction of sp³-hybridized carbons (Fsp3) is 0.571. The summed E-state index contributed by atoms with van der Waals surface area (Å²) in [5.74, 6) is 0.503. The molecule has 0 aliphatic rings. The number of hydrogen-bond donors (Lipinski definition) is 0. The standard InChI is InChI=1S/C7H10ClNOS.ClH/c1-10-3-2-7-9-6(4-8)5-11-7;/h5H,2-4H2,1H3;1H. The molecule has 0 aromatic carbocycles. The summed E-state index contributed by atoms with van der Waals surface area (Å²) in [6.45, 7) is 0.731. The molecule has 5 heteroatoms. The highest BCUT2D eigenvalue weighted by Crippen LogP contribution is 2.11. The Morgan fingerprint density at radius 3 is 2.92 bits per heavy atom. The SMILES string of the molecule is COCCc1nc(CCl)cs1.Cl. The molecule has 0 radical (unpaired) electrons. The lowest BCUT2D eigenvalue weighted by molar-refractivity contribution is 0.202. The van der Waals surface area contributed by atoms with Gasteiger partial charge in [-0.15, -0.1) is 35.3 Å². The molecule has 70 valence electrons. The van der Waals surface area contributed by atoms with Crippen molar-refractivity contribution >= 4 is 35.3 Å². The smallest absolute Gasteiger partial charge is 0.0951 e. The molecule has 1 aromatic rings. The van der Waals surface area contributed by atoms with Gasteiger partial charge in [0.05, 0.1) is 23.2 Å². The molecule has 0 aliphatic carbocycles. The van der Waals surface area contributed by atoms with Crippen molar-refractivity contribution in [1.29, 1.82) is 0 Å². The summed E-state index contributed by atoms with van der Waals surface area (Å²) < 4.78 is 4.92. The zero-order valence-corrected chi connectivity index (χ0v) is 9.14. The Morgan fingerprint density at radius 1 is 1.67 bits per heavy atom. The number of methoxy groups -OCH3 is 1. The predicted molar refractivity (Wildman–Crippen MR) is 54.5 cm³/mol. The van der Waals surface area contributed by atoms with Gasteiger partial charge in [0.15, 0.2) is 0 Å². The van der Waals surface area contributed by atoms with E-state index in [2.05, 4.69) is 4.98 Å². The lowest BCUT2D eigenvalue weighted by Crippen LogP contribution is -1.93. The normalized spacial score (nSPS) is 9.50. The van der Waals surface area contributed by atoms with Gasteiger partial charge in [0.1, 0.15) is 0 Å². The van der Waals surface area contributed by atoms with E-state index in [0.717, 1.165) is 23.7 Å². The van der Waals surface area contributed by atoms with E-state index in [-0.39, 0.29) is 12.4 Å². The maximum absolute atomic E-state index is 5.59. The van der Waals surface area contributed by atoms with Gasteiger partial charge in [0.2, 0.25) is 0 Å². The third kappa shape index (κ3) is 3.72. The Bertz CT molecular complexity index is 217. The van der Waals surface area contributed by atoms with Crippen LogP contribution in [0.3, 0.4) is 0 Å². The van der Waals surface area contributed by atoms with Gasteiger partial charge in [-0.2, -0.15) is 0 Å². The average molecular weight is 228 g/mol. The van der Waals surface area contributed by atoms with Crippen molar-refractivity contribution in [1.82, 2.24) is 4.98 Å². The zero-order valence-electron chi connectivity index (χ0n) is 6.75. The molecule has 0 bridgehead atoms. The largest absolute Gasteiger partial charge is 0.384 e. The topological polar surface area (TPSA) is 22.1 Å². The van der Waals surface area contributed by atoms with E-state index >= 15 is 0 Å². The molecular weight excluding hydrogens is 217 g/mol. The first kappa shape index (κ1) is 12.2. The highest BCUT2D eigenvalue weighted by Gasteiger charge is 1.99. The van der Waals surface area contributed by atoms with Crippen molar-refractivity contribution in [2.75, 3.05) is 13.7 Å². The zero-order chi connectivity index (χ0) is 8.10. The maximum atomic E-state index is 5.59. The van der Waals surface area contributed by atoms with E-state index < -0.39 is 0 Å². The van der Waals surface area contributed by atoms with Crippen LogP contribution in [-0.2, 0) is 17.0 Å². The van der Waals surface area contributed by atoms with Gasteiger partial charge in [-0.25, -0.2) is 4.98 Å². The lowest BCUT2D eigenvalue weighted by Gasteiger charge is -1.92. The number of nitrogens with zero attached hydrogens (tertiary/aromatic N) is 1. The molecule has 0 unspecified atom stereocenters. The van der Waals surface area contributed by atoms with Crippen LogP contribution in [0, 0.1) is 0 Å². The average Bonchev–Trinajstić information content (AvgIpc) is 2.48. The van der Waals surface area contributed by atoms with Crippen molar-refractivity contribution in [2.45, 2.75) is 12.3 Å². The number of alkyl halides is 1. The molecule has 0 aliphatic heterocycles. The second-order valence-electron chi connectivity index (χ2n) is 2.11. The van der Waals surface area contributed by atoms with E-state index in [0.29, 0.717) is 5.88 Å². The van der Waals surface area contributed by atoms with E-state index in [1.807, 2.05) is 5.38 Å². The Labute approximate surface area is 87.3 Å². The molecule has 1 rings (SSSR count). The predicted octanol–water partition coefficient (Wildman–Crippen LogP) is 2.49. The van der Waals surface area contributed by atoms with Gasteiger partial charge in [-0.3, -0.25) is 0 Å². The fourth-order valence-corrected chi connectivity index (χ4v) is 1.72. The molecule has 0 N–H and O–H groups in total. The first-order valence-corrected chi connectivity index (χ1v) is 4.76. The minimum absolute atomic E-state index is 0. The van der Waals surface area contributed by atoms with Crippen molar-refractivity contribution in [2.24, 2.45) is 0 Å². The van der Waals surface area contributed by atoms with E-state index in [1.54, 1.807) is 18.4 Å². The van der Waals surface area contributed by atoms with E-state index in [9.17, 15) is 0 Å². The van der Waals surface area contributed by atoms with Crippen molar-refractivity contribution < 1.29 is 4.74 Å². The molecule has 0 amide bonds. The Kier molecular flexibility index (Phi) is 6.76. The second kappa shape index (κ2) is 6.66. The summed E-state index contributed by atoms with van der Waals surface area (Å²) in [7, 11) is 1.69. The summed E-state index contributed by atoms with van der Waals surface area (Å²) in [4.78, 5) is 4.27. The van der Waals surface area contributed by atoms with Crippen molar-refractivity contribution in [3.05, 3.63) is 16.1 Å². The third-order valence-electron chi connectivity index (χ3n) is 1.26. The molecular formula is C7H11Cl2NOS.